The minimum Gasteiger partial charge on any atom is -0.324 e. The van der Waals surface area contributed by atoms with Gasteiger partial charge in [-0.3, -0.25) is 14.5 Å². The third-order valence-electron chi connectivity index (χ3n) is 5.89. The van der Waals surface area contributed by atoms with Crippen LogP contribution in [0.15, 0.2) is 36.4 Å². The first-order chi connectivity index (χ1) is 13.8. The highest BCUT2D eigenvalue weighted by Crippen LogP contribution is 2.39. The highest BCUT2D eigenvalue weighted by molar-refractivity contribution is 6.10. The number of hydrogen-bond donors (Lipinski definition) is 2. The zero-order valence-electron chi connectivity index (χ0n) is 17.0. The van der Waals surface area contributed by atoms with Crippen molar-refractivity contribution in [3.8, 4) is 0 Å². The van der Waals surface area contributed by atoms with Crippen molar-refractivity contribution in [2.45, 2.75) is 45.6 Å². The number of nitrogens with one attached hydrogen (secondary N) is 2. The van der Waals surface area contributed by atoms with Gasteiger partial charge in [0.2, 0.25) is 5.91 Å². The Hall–Kier alpha value is -3.15. The van der Waals surface area contributed by atoms with Crippen molar-refractivity contribution < 1.29 is 14.4 Å². The summed E-state index contributed by atoms with van der Waals surface area (Å²) in [4.78, 5) is 39.7. The van der Waals surface area contributed by atoms with Gasteiger partial charge >= 0.3 is 6.03 Å². The predicted octanol–water partition coefficient (Wildman–Crippen LogP) is 3.33. The Morgan fingerprint density at radius 2 is 1.83 bits per heavy atom. The van der Waals surface area contributed by atoms with Crippen molar-refractivity contribution in [1.29, 1.82) is 0 Å². The van der Waals surface area contributed by atoms with Gasteiger partial charge in [-0.25, -0.2) is 4.79 Å². The van der Waals surface area contributed by atoms with Crippen LogP contribution in [0.25, 0.3) is 0 Å². The number of amides is 4. The van der Waals surface area contributed by atoms with Crippen molar-refractivity contribution in [2.24, 2.45) is 0 Å². The molecule has 0 saturated carbocycles. The van der Waals surface area contributed by atoms with Gasteiger partial charge < -0.3 is 10.6 Å². The Morgan fingerprint density at radius 3 is 2.55 bits per heavy atom. The molecule has 1 spiro atoms. The predicted molar refractivity (Wildman–Crippen MR) is 111 cm³/mol. The molecule has 4 rings (SSSR count). The van der Waals surface area contributed by atoms with Crippen molar-refractivity contribution in [3.63, 3.8) is 0 Å². The van der Waals surface area contributed by atoms with Crippen LogP contribution >= 0.6 is 0 Å². The van der Waals surface area contributed by atoms with E-state index in [2.05, 4.69) is 10.6 Å². The molecule has 0 unspecified atom stereocenters. The SMILES string of the molecule is Cc1cc(C)c(NC(=O)CN2C(=O)N[C@@]3(CCCc4ccccc43)C2=O)c(C)c1. The van der Waals surface area contributed by atoms with Gasteiger partial charge in [-0.2, -0.15) is 0 Å². The molecule has 2 N–H and O–H groups in total. The Labute approximate surface area is 170 Å². The van der Waals surface area contributed by atoms with E-state index in [1.54, 1.807) is 0 Å². The molecular weight excluding hydrogens is 366 g/mol. The molecule has 6 nitrogen and oxygen atoms in total. The molecule has 6 heteroatoms. The number of carbonyl (C=O) groups is 3. The lowest BCUT2D eigenvalue weighted by Crippen LogP contribution is -2.47. The summed E-state index contributed by atoms with van der Waals surface area (Å²) in [7, 11) is 0. The molecule has 0 aromatic heterocycles. The standard InChI is InChI=1S/C23H25N3O3/c1-14-11-15(2)20(16(3)12-14)24-19(27)13-26-21(28)23(25-22(26)29)10-6-8-17-7-4-5-9-18(17)23/h4-5,7,9,11-12H,6,8,10,13H2,1-3H3,(H,24,27)(H,25,29)/t23-/m1/s1. The monoisotopic (exact) mass is 391 g/mol. The third-order valence-corrected chi connectivity index (χ3v) is 5.89. The largest absolute Gasteiger partial charge is 0.325 e. The van der Waals surface area contributed by atoms with Crippen molar-refractivity contribution >= 4 is 23.5 Å². The number of nitrogens with zero attached hydrogens (tertiary/aromatic N) is 1. The fraction of sp³-hybridized carbons (Fsp3) is 0.348. The van der Waals surface area contributed by atoms with Crippen LogP contribution < -0.4 is 10.6 Å². The van der Waals surface area contributed by atoms with Crippen LogP contribution in [0, 0.1) is 20.8 Å². The summed E-state index contributed by atoms with van der Waals surface area (Å²) in [5.41, 5.74) is 4.61. The molecular formula is C23H25N3O3. The fourth-order valence-electron chi connectivity index (χ4n) is 4.65. The zero-order valence-corrected chi connectivity index (χ0v) is 17.0. The van der Waals surface area contributed by atoms with Crippen molar-refractivity contribution in [1.82, 2.24) is 10.2 Å². The van der Waals surface area contributed by atoms with E-state index in [0.717, 1.165) is 51.2 Å². The van der Waals surface area contributed by atoms with Gasteiger partial charge in [-0.1, -0.05) is 42.0 Å². The summed E-state index contributed by atoms with van der Waals surface area (Å²) in [5.74, 6) is -0.730. The second kappa shape index (κ2) is 7.03. The highest BCUT2D eigenvalue weighted by atomic mass is 16.2. The van der Waals surface area contributed by atoms with Crippen LogP contribution in [-0.2, 0) is 21.5 Å². The maximum absolute atomic E-state index is 13.3. The summed E-state index contributed by atoms with van der Waals surface area (Å²) < 4.78 is 0. The van der Waals surface area contributed by atoms with Crippen LogP contribution in [0.5, 0.6) is 0 Å². The number of carbonyl (C=O) groups excluding carboxylic acids is 3. The lowest BCUT2D eigenvalue weighted by atomic mass is 9.76. The second-order valence-electron chi connectivity index (χ2n) is 8.06. The molecule has 1 saturated heterocycles. The number of fused-ring (bicyclic) bond motifs is 2. The first kappa shape index (κ1) is 19.2. The molecule has 0 bridgehead atoms. The minimum atomic E-state index is -1.05. The maximum Gasteiger partial charge on any atom is 0.325 e. The molecule has 1 fully saturated rings. The Bertz CT molecular complexity index is 1010. The maximum atomic E-state index is 13.3. The molecule has 2 aromatic rings. The van der Waals surface area contributed by atoms with Gasteiger partial charge in [0, 0.05) is 5.69 Å². The number of hydrogen-bond acceptors (Lipinski definition) is 3. The average molecular weight is 391 g/mol. The average Bonchev–Trinajstić information content (AvgIpc) is 2.90. The molecule has 1 aliphatic carbocycles. The first-order valence-corrected chi connectivity index (χ1v) is 9.92. The minimum absolute atomic E-state index is 0.304. The molecule has 29 heavy (non-hydrogen) atoms. The van der Waals surface area contributed by atoms with E-state index in [1.807, 2.05) is 57.2 Å². The van der Waals surface area contributed by atoms with Gasteiger partial charge in [-0.05, 0) is 62.3 Å². The number of anilines is 1. The van der Waals surface area contributed by atoms with Crippen LogP contribution in [0.1, 0.15) is 40.7 Å². The highest BCUT2D eigenvalue weighted by Gasteiger charge is 2.54. The Kier molecular flexibility index (Phi) is 4.65. The van der Waals surface area contributed by atoms with Crippen LogP contribution in [0.3, 0.4) is 0 Å². The molecule has 1 aliphatic heterocycles. The van der Waals surface area contributed by atoms with Crippen LogP contribution in [-0.4, -0.2) is 29.3 Å². The molecule has 1 atom stereocenters. The zero-order chi connectivity index (χ0) is 20.8. The molecule has 1 heterocycles. The van der Waals surface area contributed by atoms with Gasteiger partial charge in [0.05, 0.1) is 0 Å². The van der Waals surface area contributed by atoms with Crippen LogP contribution in [0.2, 0.25) is 0 Å². The van der Waals surface area contributed by atoms with E-state index >= 15 is 0 Å². The van der Waals surface area contributed by atoms with E-state index in [4.69, 9.17) is 0 Å². The van der Waals surface area contributed by atoms with Gasteiger partial charge in [-0.15, -0.1) is 0 Å². The van der Waals surface area contributed by atoms with Gasteiger partial charge in [0.15, 0.2) is 0 Å². The molecule has 2 aliphatic rings. The summed E-state index contributed by atoms with van der Waals surface area (Å²) in [5, 5.41) is 5.75. The first-order valence-electron chi connectivity index (χ1n) is 9.92. The van der Waals surface area contributed by atoms with E-state index in [9.17, 15) is 14.4 Å². The number of rotatable bonds is 3. The molecule has 0 radical (unpaired) electrons. The van der Waals surface area contributed by atoms with Crippen molar-refractivity contribution in [3.05, 3.63) is 64.2 Å². The number of benzene rings is 2. The summed E-state index contributed by atoms with van der Waals surface area (Å²) in [6.45, 7) is 5.55. The van der Waals surface area contributed by atoms with Gasteiger partial charge in [0.25, 0.3) is 5.91 Å². The lowest BCUT2D eigenvalue weighted by Gasteiger charge is -2.33. The quantitative estimate of drug-likeness (QED) is 0.788. The Morgan fingerprint density at radius 1 is 1.14 bits per heavy atom. The summed E-state index contributed by atoms with van der Waals surface area (Å²) >= 11 is 0. The second-order valence-corrected chi connectivity index (χ2v) is 8.06. The van der Waals surface area contributed by atoms with E-state index < -0.39 is 11.6 Å². The number of imide groups is 1. The molecule has 2 aromatic carbocycles. The number of aryl methyl sites for hydroxylation is 4. The smallest absolute Gasteiger partial charge is 0.324 e. The van der Waals surface area contributed by atoms with Crippen LogP contribution in [0.4, 0.5) is 10.5 Å². The summed E-state index contributed by atoms with van der Waals surface area (Å²) in [6.07, 6.45) is 2.24. The molecule has 150 valence electrons. The normalized spacial score (nSPS) is 20.6. The van der Waals surface area contributed by atoms with E-state index in [-0.39, 0.29) is 18.4 Å². The van der Waals surface area contributed by atoms with Gasteiger partial charge in [0.1, 0.15) is 12.1 Å². The van der Waals surface area contributed by atoms with E-state index in [0.29, 0.717) is 6.42 Å². The Balaban J connectivity index is 1.56. The lowest BCUT2D eigenvalue weighted by molar-refractivity contribution is -0.134. The number of urea groups is 1. The third kappa shape index (κ3) is 3.18. The van der Waals surface area contributed by atoms with Crippen molar-refractivity contribution in [2.75, 3.05) is 11.9 Å². The van der Waals surface area contributed by atoms with E-state index in [1.165, 1.54) is 0 Å². The fourth-order valence-corrected chi connectivity index (χ4v) is 4.65. The summed E-state index contributed by atoms with van der Waals surface area (Å²) in [6, 6.07) is 11.2. The topological polar surface area (TPSA) is 78.5 Å². The molecule has 4 amide bonds.